The van der Waals surface area contributed by atoms with E-state index in [0.717, 1.165) is 17.9 Å². The van der Waals surface area contributed by atoms with Crippen molar-refractivity contribution in [3.63, 3.8) is 0 Å². The average Bonchev–Trinajstić information content (AvgIpc) is 3.44. The fourth-order valence-corrected chi connectivity index (χ4v) is 7.06. The molecule has 0 saturated heterocycles. The lowest BCUT2D eigenvalue weighted by atomic mass is 9.88. The van der Waals surface area contributed by atoms with Crippen LogP contribution in [0.2, 0.25) is 0 Å². The molecule has 1 fully saturated rings. The zero-order chi connectivity index (χ0) is 24.8. The van der Waals surface area contributed by atoms with E-state index in [0.29, 0.717) is 0 Å². The van der Waals surface area contributed by atoms with Crippen molar-refractivity contribution in [1.29, 1.82) is 0 Å². The second-order valence-corrected chi connectivity index (χ2v) is 12.6. The van der Waals surface area contributed by atoms with Gasteiger partial charge in [0.25, 0.3) is 6.33 Å². The van der Waals surface area contributed by atoms with Gasteiger partial charge in [0, 0.05) is 16.2 Å². The van der Waals surface area contributed by atoms with Crippen molar-refractivity contribution < 1.29 is 4.57 Å². The molecule has 36 heavy (non-hydrogen) atoms. The summed E-state index contributed by atoms with van der Waals surface area (Å²) >= 11 is 0. The van der Waals surface area contributed by atoms with Gasteiger partial charge < -0.3 is 4.40 Å². The summed E-state index contributed by atoms with van der Waals surface area (Å²) in [6, 6.07) is 16.7. The van der Waals surface area contributed by atoms with Crippen molar-refractivity contribution in [2.45, 2.75) is 66.2 Å². The van der Waals surface area contributed by atoms with Gasteiger partial charge in [-0.1, -0.05) is 70.7 Å². The zero-order valence-electron chi connectivity index (χ0n) is 22.3. The molecule has 3 aromatic heterocycles. The van der Waals surface area contributed by atoms with E-state index >= 15 is 0 Å². The molecule has 7 rings (SSSR count). The van der Waals surface area contributed by atoms with Crippen molar-refractivity contribution >= 4 is 49.1 Å². The average molecular weight is 475 g/mol. The summed E-state index contributed by atoms with van der Waals surface area (Å²) in [5.41, 5.74) is 10.8. The molecule has 182 valence electrons. The Kier molecular flexibility index (Phi) is 4.68. The van der Waals surface area contributed by atoms with E-state index in [2.05, 4.69) is 86.2 Å². The van der Waals surface area contributed by atoms with E-state index in [1.165, 1.54) is 92.4 Å². The monoisotopic (exact) mass is 474 g/mol. The Morgan fingerprint density at radius 3 is 2.44 bits per heavy atom. The van der Waals surface area contributed by atoms with Gasteiger partial charge in [0.2, 0.25) is 0 Å². The van der Waals surface area contributed by atoms with E-state index in [-0.39, 0.29) is 5.41 Å². The van der Waals surface area contributed by atoms with Crippen LogP contribution in [0.15, 0.2) is 48.8 Å². The molecule has 6 aromatic rings. The fourth-order valence-electron chi connectivity index (χ4n) is 7.06. The quantitative estimate of drug-likeness (QED) is 0.145. The molecular weight excluding hydrogens is 438 g/mol. The van der Waals surface area contributed by atoms with Crippen LogP contribution < -0.4 is 4.57 Å². The standard InChI is InChI=1S/C33H36N3/c1-20-10-12-25-24-13-11-22(18-33(2,3)4)16-27(24)36-28-17-23(14-21-8-6-7-9-21)15-26-30(28)32(29(20)31(25)36)35(5)19-34-26/h10-13,15-17,19,21H,6-9,14,18H2,1-5H3/q+1. The Morgan fingerprint density at radius 1 is 0.917 bits per heavy atom. The number of nitrogens with zero attached hydrogens (tertiary/aromatic N) is 3. The molecule has 1 aliphatic carbocycles. The first-order chi connectivity index (χ1) is 17.3. The number of rotatable bonds is 3. The van der Waals surface area contributed by atoms with Crippen molar-refractivity contribution in [1.82, 2.24) is 9.38 Å². The molecule has 3 nitrogen and oxygen atoms in total. The van der Waals surface area contributed by atoms with Crippen LogP contribution in [0.25, 0.3) is 49.1 Å². The summed E-state index contributed by atoms with van der Waals surface area (Å²) in [7, 11) is 2.15. The van der Waals surface area contributed by atoms with Crippen molar-refractivity contribution in [2.24, 2.45) is 18.4 Å². The summed E-state index contributed by atoms with van der Waals surface area (Å²) in [5, 5.41) is 5.34. The van der Waals surface area contributed by atoms with E-state index in [1.807, 2.05) is 6.33 Å². The highest BCUT2D eigenvalue weighted by Crippen LogP contribution is 2.41. The Bertz CT molecular complexity index is 1790. The van der Waals surface area contributed by atoms with Gasteiger partial charge in [-0.3, -0.25) is 0 Å². The molecule has 0 aliphatic heterocycles. The molecular formula is C33H36N3+. The maximum atomic E-state index is 4.97. The minimum Gasteiger partial charge on any atom is -0.308 e. The lowest BCUT2D eigenvalue weighted by molar-refractivity contribution is -0.646. The first-order valence-electron chi connectivity index (χ1n) is 13.7. The van der Waals surface area contributed by atoms with E-state index in [4.69, 9.17) is 4.98 Å². The normalized spacial score (nSPS) is 15.6. The highest BCUT2D eigenvalue weighted by molar-refractivity contribution is 6.25. The molecule has 3 heterocycles. The summed E-state index contributed by atoms with van der Waals surface area (Å²) in [5.74, 6) is 0.812. The third-order valence-electron chi connectivity index (χ3n) is 8.53. The first kappa shape index (κ1) is 22.0. The van der Waals surface area contributed by atoms with Crippen LogP contribution in [0.4, 0.5) is 0 Å². The van der Waals surface area contributed by atoms with Gasteiger partial charge in [-0.25, -0.2) is 4.57 Å². The van der Waals surface area contributed by atoms with Gasteiger partial charge in [-0.15, -0.1) is 0 Å². The molecule has 1 aliphatic rings. The van der Waals surface area contributed by atoms with Crippen LogP contribution in [0, 0.1) is 18.3 Å². The smallest absolute Gasteiger partial charge is 0.287 e. The van der Waals surface area contributed by atoms with E-state index in [1.54, 1.807) is 0 Å². The SMILES string of the molecule is Cc1ccc2c3ccc(CC(C)(C)C)cc3n3c4cc(CC5CCCC5)cc5nc[n+](C)c(c1c23)c54. The molecule has 0 amide bonds. The highest BCUT2D eigenvalue weighted by atomic mass is 15.0. The second-order valence-electron chi connectivity index (χ2n) is 12.6. The molecule has 0 atom stereocenters. The summed E-state index contributed by atoms with van der Waals surface area (Å²) in [6.07, 6.45) is 9.75. The minimum absolute atomic E-state index is 0.252. The number of pyridine rings is 1. The van der Waals surface area contributed by atoms with Gasteiger partial charge in [0.15, 0.2) is 5.52 Å². The molecule has 0 N–H and O–H groups in total. The van der Waals surface area contributed by atoms with Crippen LogP contribution in [0.5, 0.6) is 0 Å². The highest BCUT2D eigenvalue weighted by Gasteiger charge is 2.25. The maximum absolute atomic E-state index is 4.97. The van der Waals surface area contributed by atoms with Crippen molar-refractivity contribution in [3.8, 4) is 0 Å². The van der Waals surface area contributed by atoms with Gasteiger partial charge >= 0.3 is 0 Å². The van der Waals surface area contributed by atoms with Gasteiger partial charge in [-0.2, -0.15) is 0 Å². The van der Waals surface area contributed by atoms with Gasteiger partial charge in [-0.05, 0) is 71.0 Å². The third-order valence-corrected chi connectivity index (χ3v) is 8.53. The molecule has 3 aromatic carbocycles. The van der Waals surface area contributed by atoms with Crippen molar-refractivity contribution in [2.75, 3.05) is 0 Å². The Hall–Kier alpha value is -3.20. The first-order valence-corrected chi connectivity index (χ1v) is 13.7. The number of hydrogen-bond donors (Lipinski definition) is 0. The second kappa shape index (κ2) is 7.65. The number of fused-ring (bicyclic) bond motifs is 5. The molecule has 0 unspecified atom stereocenters. The predicted molar refractivity (Wildman–Crippen MR) is 151 cm³/mol. The minimum atomic E-state index is 0.252. The largest absolute Gasteiger partial charge is 0.308 e. The van der Waals surface area contributed by atoms with E-state index in [9.17, 15) is 0 Å². The van der Waals surface area contributed by atoms with Crippen LogP contribution in [0.3, 0.4) is 0 Å². The molecule has 0 spiro atoms. The Morgan fingerprint density at radius 2 is 1.67 bits per heavy atom. The number of aromatic nitrogens is 3. The molecule has 0 radical (unpaired) electrons. The van der Waals surface area contributed by atoms with Crippen molar-refractivity contribution in [3.05, 3.63) is 65.5 Å². The molecule has 1 saturated carbocycles. The maximum Gasteiger partial charge on any atom is 0.287 e. The Labute approximate surface area is 213 Å². The lowest BCUT2D eigenvalue weighted by Crippen LogP contribution is -2.30. The van der Waals surface area contributed by atoms with Crippen LogP contribution in [-0.2, 0) is 19.9 Å². The number of benzene rings is 3. The number of hydrogen-bond acceptors (Lipinski definition) is 1. The van der Waals surface area contributed by atoms with Crippen LogP contribution in [0.1, 0.15) is 63.1 Å². The third kappa shape index (κ3) is 3.25. The van der Waals surface area contributed by atoms with Gasteiger partial charge in [0.1, 0.15) is 5.52 Å². The van der Waals surface area contributed by atoms with E-state index < -0.39 is 0 Å². The Balaban J connectivity index is 1.66. The topological polar surface area (TPSA) is 21.2 Å². The molecule has 0 bridgehead atoms. The van der Waals surface area contributed by atoms with Crippen LogP contribution >= 0.6 is 0 Å². The summed E-state index contributed by atoms with van der Waals surface area (Å²) in [6.45, 7) is 9.24. The fraction of sp³-hybridized carbons (Fsp3) is 0.394. The van der Waals surface area contributed by atoms with Crippen LogP contribution in [-0.4, -0.2) is 9.38 Å². The zero-order valence-corrected chi connectivity index (χ0v) is 22.3. The van der Waals surface area contributed by atoms with Gasteiger partial charge in [0.05, 0.1) is 29.0 Å². The lowest BCUT2D eigenvalue weighted by Gasteiger charge is -2.18. The predicted octanol–water partition coefficient (Wildman–Crippen LogP) is 7.84. The number of aryl methyl sites for hydroxylation is 2. The summed E-state index contributed by atoms with van der Waals surface area (Å²) < 4.78 is 4.81. The molecule has 3 heteroatoms. The summed E-state index contributed by atoms with van der Waals surface area (Å²) in [4.78, 5) is 4.97.